The molecule has 3 aromatic carbocycles. The summed E-state index contributed by atoms with van der Waals surface area (Å²) in [6, 6.07) is 19.8. The van der Waals surface area contributed by atoms with Crippen LogP contribution in [0.3, 0.4) is 0 Å². The number of aryl methyl sites for hydroxylation is 1. The van der Waals surface area contributed by atoms with Crippen LogP contribution >= 0.6 is 0 Å². The van der Waals surface area contributed by atoms with Gasteiger partial charge in [-0.05, 0) is 73.4 Å². The monoisotopic (exact) mass is 522 g/mol. The SMILES string of the molecule is Cc1cc2ccccc2nc1N(Cc1cccc(C(F)(F)C2CC2)c1)S(=O)(=O)c1ccc(C(=O)O)cc1. The maximum Gasteiger partial charge on any atom is 0.335 e. The third-order valence-corrected chi connectivity index (χ3v) is 8.29. The van der Waals surface area contributed by atoms with Crippen molar-refractivity contribution in [2.24, 2.45) is 5.92 Å². The van der Waals surface area contributed by atoms with Gasteiger partial charge >= 0.3 is 5.97 Å². The van der Waals surface area contributed by atoms with Crippen molar-refractivity contribution in [2.75, 3.05) is 4.31 Å². The molecule has 6 nitrogen and oxygen atoms in total. The number of sulfonamides is 1. The number of rotatable bonds is 8. The maximum absolute atomic E-state index is 14.8. The van der Waals surface area contributed by atoms with E-state index in [2.05, 4.69) is 4.98 Å². The van der Waals surface area contributed by atoms with Gasteiger partial charge in [0.25, 0.3) is 15.9 Å². The normalized spacial score (nSPS) is 14.0. The molecule has 0 aliphatic heterocycles. The van der Waals surface area contributed by atoms with Crippen molar-refractivity contribution >= 4 is 32.7 Å². The van der Waals surface area contributed by atoms with Crippen molar-refractivity contribution in [1.82, 2.24) is 4.98 Å². The smallest absolute Gasteiger partial charge is 0.335 e. The number of halogens is 2. The summed E-state index contributed by atoms with van der Waals surface area (Å²) in [5.74, 6) is -4.69. The molecule has 9 heteroatoms. The number of carboxylic acid groups (broad SMARTS) is 1. The van der Waals surface area contributed by atoms with Crippen LogP contribution in [0.1, 0.15) is 39.9 Å². The molecule has 0 spiro atoms. The fourth-order valence-corrected chi connectivity index (χ4v) is 5.82. The molecule has 0 saturated heterocycles. The summed E-state index contributed by atoms with van der Waals surface area (Å²) in [5, 5.41) is 10.0. The number of para-hydroxylation sites is 1. The summed E-state index contributed by atoms with van der Waals surface area (Å²) < 4.78 is 58.6. The van der Waals surface area contributed by atoms with E-state index in [1.165, 1.54) is 42.5 Å². The number of benzene rings is 3. The molecule has 1 aliphatic carbocycles. The van der Waals surface area contributed by atoms with Crippen LogP contribution in [-0.2, 0) is 22.5 Å². The van der Waals surface area contributed by atoms with Gasteiger partial charge in [-0.15, -0.1) is 0 Å². The highest BCUT2D eigenvalue weighted by Crippen LogP contribution is 2.49. The minimum atomic E-state index is -4.25. The molecule has 1 saturated carbocycles. The topological polar surface area (TPSA) is 87.6 Å². The van der Waals surface area contributed by atoms with Crippen LogP contribution in [0.5, 0.6) is 0 Å². The lowest BCUT2D eigenvalue weighted by molar-refractivity contribution is -0.0286. The summed E-state index contributed by atoms with van der Waals surface area (Å²) in [5.41, 5.74) is 1.36. The lowest BCUT2D eigenvalue weighted by atomic mass is 10.0. The third-order valence-electron chi connectivity index (χ3n) is 6.54. The van der Waals surface area contributed by atoms with E-state index in [0.717, 1.165) is 9.69 Å². The molecule has 0 unspecified atom stereocenters. The first kappa shape index (κ1) is 24.8. The molecular weight excluding hydrogens is 498 g/mol. The summed E-state index contributed by atoms with van der Waals surface area (Å²) in [7, 11) is -4.25. The number of hydrogen-bond donors (Lipinski definition) is 1. The lowest BCUT2D eigenvalue weighted by Gasteiger charge is -2.26. The Morgan fingerprint density at radius 1 is 1.03 bits per heavy atom. The number of carbonyl (C=O) groups is 1. The molecule has 5 rings (SSSR count). The highest BCUT2D eigenvalue weighted by Gasteiger charge is 2.48. The van der Waals surface area contributed by atoms with Gasteiger partial charge in [-0.2, -0.15) is 0 Å². The highest BCUT2D eigenvalue weighted by atomic mass is 32.2. The van der Waals surface area contributed by atoms with Gasteiger partial charge in [-0.3, -0.25) is 0 Å². The molecular formula is C28H24F2N2O4S. The Balaban J connectivity index is 1.62. The van der Waals surface area contributed by atoms with Gasteiger partial charge in [0.1, 0.15) is 5.82 Å². The van der Waals surface area contributed by atoms with Gasteiger partial charge in [0, 0.05) is 16.9 Å². The number of carboxylic acids is 1. The fraction of sp³-hybridized carbons (Fsp3) is 0.214. The Labute approximate surface area is 213 Å². The first-order valence-electron chi connectivity index (χ1n) is 11.8. The minimum Gasteiger partial charge on any atom is -0.478 e. The van der Waals surface area contributed by atoms with Crippen LogP contribution < -0.4 is 4.31 Å². The zero-order valence-corrected chi connectivity index (χ0v) is 20.8. The molecule has 0 bridgehead atoms. The van der Waals surface area contributed by atoms with E-state index in [9.17, 15) is 27.1 Å². The Kier molecular flexibility index (Phi) is 6.19. The number of aromatic carboxylic acids is 1. The van der Waals surface area contributed by atoms with Gasteiger partial charge in [0.05, 0.1) is 22.5 Å². The molecule has 1 heterocycles. The number of nitrogens with zero attached hydrogens (tertiary/aromatic N) is 2. The number of hydrogen-bond acceptors (Lipinski definition) is 4. The van der Waals surface area contributed by atoms with Gasteiger partial charge in [0.2, 0.25) is 0 Å². The van der Waals surface area contributed by atoms with Crippen LogP contribution in [-0.4, -0.2) is 24.5 Å². The van der Waals surface area contributed by atoms with Crippen molar-refractivity contribution < 1.29 is 27.1 Å². The maximum atomic E-state index is 14.8. The second-order valence-electron chi connectivity index (χ2n) is 9.26. The van der Waals surface area contributed by atoms with E-state index in [-0.39, 0.29) is 28.4 Å². The average Bonchev–Trinajstić information content (AvgIpc) is 3.74. The number of pyridine rings is 1. The van der Waals surface area contributed by atoms with E-state index < -0.39 is 27.8 Å². The second-order valence-corrected chi connectivity index (χ2v) is 11.1. The van der Waals surface area contributed by atoms with Crippen LogP contribution in [0.15, 0.2) is 83.8 Å². The summed E-state index contributed by atoms with van der Waals surface area (Å²) >= 11 is 0. The number of anilines is 1. The predicted octanol–water partition coefficient (Wildman–Crippen LogP) is 6.14. The van der Waals surface area contributed by atoms with E-state index in [1.54, 1.807) is 25.1 Å². The van der Waals surface area contributed by atoms with Gasteiger partial charge in [-0.1, -0.05) is 36.4 Å². The van der Waals surface area contributed by atoms with E-state index in [4.69, 9.17) is 0 Å². The number of fused-ring (bicyclic) bond motifs is 1. The van der Waals surface area contributed by atoms with Crippen LogP contribution in [0.4, 0.5) is 14.6 Å². The zero-order chi connectivity index (χ0) is 26.4. The zero-order valence-electron chi connectivity index (χ0n) is 19.9. The fourth-order valence-electron chi connectivity index (χ4n) is 4.36. The van der Waals surface area contributed by atoms with Crippen molar-refractivity contribution in [3.8, 4) is 0 Å². The van der Waals surface area contributed by atoms with Crippen molar-refractivity contribution in [1.29, 1.82) is 0 Å². The van der Waals surface area contributed by atoms with E-state index in [0.29, 0.717) is 29.5 Å². The lowest BCUT2D eigenvalue weighted by Crippen LogP contribution is -2.32. The number of alkyl halides is 2. The molecule has 190 valence electrons. The summed E-state index contributed by atoms with van der Waals surface area (Å²) in [4.78, 5) is 15.8. The van der Waals surface area contributed by atoms with Gasteiger partial charge in [-0.25, -0.2) is 31.3 Å². The largest absolute Gasteiger partial charge is 0.478 e. The molecule has 1 aromatic heterocycles. The predicted molar refractivity (Wildman–Crippen MR) is 136 cm³/mol. The van der Waals surface area contributed by atoms with Crippen molar-refractivity contribution in [3.05, 3.63) is 101 Å². The standard InChI is InChI=1S/C28H24F2N2O4S/c1-18-15-21-6-2-3-8-25(21)31-26(18)32(37(35,36)24-13-9-20(10-14-24)27(33)34)17-19-5-4-7-23(16-19)28(29,30)22-11-12-22/h2-10,13-16,22H,11-12,17H2,1H3,(H,33,34). The second kappa shape index (κ2) is 9.23. The Bertz CT molecular complexity index is 1600. The summed E-state index contributed by atoms with van der Waals surface area (Å²) in [6.07, 6.45) is 0.925. The average molecular weight is 523 g/mol. The molecule has 0 radical (unpaired) electrons. The van der Waals surface area contributed by atoms with Crippen molar-refractivity contribution in [3.63, 3.8) is 0 Å². The van der Waals surface area contributed by atoms with Crippen LogP contribution in [0.2, 0.25) is 0 Å². The molecule has 0 amide bonds. The first-order chi connectivity index (χ1) is 17.6. The Hall–Kier alpha value is -3.85. The van der Waals surface area contributed by atoms with E-state index in [1.807, 2.05) is 18.2 Å². The Morgan fingerprint density at radius 2 is 1.73 bits per heavy atom. The molecule has 1 fully saturated rings. The quantitative estimate of drug-likeness (QED) is 0.300. The molecule has 1 N–H and O–H groups in total. The number of aromatic nitrogens is 1. The minimum absolute atomic E-state index is 0.0551. The van der Waals surface area contributed by atoms with Crippen LogP contribution in [0.25, 0.3) is 10.9 Å². The van der Waals surface area contributed by atoms with Crippen LogP contribution in [0, 0.1) is 12.8 Å². The summed E-state index contributed by atoms with van der Waals surface area (Å²) in [6.45, 7) is 1.51. The van der Waals surface area contributed by atoms with Crippen molar-refractivity contribution in [2.45, 2.75) is 37.1 Å². The van der Waals surface area contributed by atoms with Gasteiger partial charge in [0.15, 0.2) is 0 Å². The third kappa shape index (κ3) is 4.79. The molecule has 1 aliphatic rings. The van der Waals surface area contributed by atoms with Gasteiger partial charge < -0.3 is 5.11 Å². The molecule has 4 aromatic rings. The molecule has 0 atom stereocenters. The Morgan fingerprint density at radius 3 is 2.41 bits per heavy atom. The van der Waals surface area contributed by atoms with E-state index >= 15 is 0 Å². The highest BCUT2D eigenvalue weighted by molar-refractivity contribution is 7.92. The molecule has 37 heavy (non-hydrogen) atoms. The first-order valence-corrected chi connectivity index (χ1v) is 13.2.